The number of hydrogen-bond donors (Lipinski definition) is 1. The Kier molecular flexibility index (Phi) is 4.57. The first-order valence-electron chi connectivity index (χ1n) is 7.91. The van der Waals surface area contributed by atoms with Crippen LogP contribution in [0.5, 0.6) is 0 Å². The fraction of sp³-hybridized carbons (Fsp3) is 0.412. The van der Waals surface area contributed by atoms with Crippen LogP contribution in [0.25, 0.3) is 0 Å². The Hall–Kier alpha value is -2.01. The Morgan fingerprint density at radius 1 is 1.39 bits per heavy atom. The zero-order valence-corrected chi connectivity index (χ0v) is 14.2. The fourth-order valence-corrected chi connectivity index (χ4v) is 3.06. The largest absolute Gasteiger partial charge is 0.369 e. The number of rotatable bonds is 4. The number of anilines is 1. The Labute approximate surface area is 141 Å². The smallest absolute Gasteiger partial charge is 0.269 e. The molecule has 2 heterocycles. The number of aromatic nitrogens is 2. The van der Waals surface area contributed by atoms with E-state index in [0.29, 0.717) is 5.69 Å². The van der Waals surface area contributed by atoms with E-state index in [1.165, 1.54) is 0 Å². The molecule has 0 saturated carbocycles. The number of halogens is 1. The van der Waals surface area contributed by atoms with Gasteiger partial charge in [-0.2, -0.15) is 5.10 Å². The Morgan fingerprint density at radius 3 is 2.78 bits per heavy atom. The van der Waals surface area contributed by atoms with E-state index < -0.39 is 0 Å². The number of benzene rings is 1. The number of amides is 1. The van der Waals surface area contributed by atoms with Gasteiger partial charge in [0.15, 0.2) is 0 Å². The lowest BCUT2D eigenvalue weighted by atomic mass is 10.2. The lowest BCUT2D eigenvalue weighted by molar-refractivity contribution is 0.0931. The third-order valence-electron chi connectivity index (χ3n) is 4.24. The molecule has 3 rings (SSSR count). The zero-order chi connectivity index (χ0) is 16.4. The van der Waals surface area contributed by atoms with Crippen molar-refractivity contribution in [1.29, 1.82) is 0 Å². The van der Waals surface area contributed by atoms with Crippen LogP contribution in [0.15, 0.2) is 30.3 Å². The van der Waals surface area contributed by atoms with E-state index in [9.17, 15) is 4.79 Å². The third-order valence-corrected chi connectivity index (χ3v) is 4.49. The monoisotopic (exact) mass is 332 g/mol. The Bertz CT molecular complexity index is 695. The van der Waals surface area contributed by atoms with Gasteiger partial charge in [-0.3, -0.25) is 9.48 Å². The van der Waals surface area contributed by atoms with Crippen molar-refractivity contribution in [2.45, 2.75) is 25.8 Å². The second-order valence-corrected chi connectivity index (χ2v) is 6.32. The Morgan fingerprint density at radius 2 is 2.13 bits per heavy atom. The number of nitrogens with one attached hydrogen (secondary N) is 1. The molecule has 1 N–H and O–H groups in total. The predicted molar refractivity (Wildman–Crippen MR) is 92.1 cm³/mol. The van der Waals surface area contributed by atoms with E-state index in [-0.39, 0.29) is 11.9 Å². The summed E-state index contributed by atoms with van der Waals surface area (Å²) in [5, 5.41) is 8.18. The number of nitrogens with zero attached hydrogens (tertiary/aromatic N) is 3. The summed E-state index contributed by atoms with van der Waals surface area (Å²) < 4.78 is 1.65. The zero-order valence-electron chi connectivity index (χ0n) is 13.4. The molecule has 5 nitrogen and oxygen atoms in total. The highest BCUT2D eigenvalue weighted by atomic mass is 35.5. The van der Waals surface area contributed by atoms with Crippen LogP contribution >= 0.6 is 11.6 Å². The summed E-state index contributed by atoms with van der Waals surface area (Å²) in [6.45, 7) is 3.77. The number of hydrogen-bond acceptors (Lipinski definition) is 3. The van der Waals surface area contributed by atoms with E-state index in [4.69, 9.17) is 11.6 Å². The third kappa shape index (κ3) is 3.50. The molecule has 1 unspecified atom stereocenters. The van der Waals surface area contributed by atoms with E-state index in [1.807, 2.05) is 44.3 Å². The molecule has 0 bridgehead atoms. The summed E-state index contributed by atoms with van der Waals surface area (Å²) in [4.78, 5) is 14.7. The second-order valence-electron chi connectivity index (χ2n) is 5.88. The molecular formula is C17H21ClN4O. The van der Waals surface area contributed by atoms with Crippen molar-refractivity contribution in [2.75, 3.05) is 18.0 Å². The van der Waals surface area contributed by atoms with Crippen LogP contribution in [0.1, 0.15) is 29.5 Å². The standard InChI is InChI=1S/C17H21ClN4O/c1-3-13-10-16(21(2)20-13)17(23)19-14-8-9-22(11-14)15-6-4-12(18)5-7-15/h4-7,10,14H,3,8-9,11H2,1-2H3,(H,19,23). The maximum atomic E-state index is 12.4. The molecule has 0 spiro atoms. The predicted octanol–water partition coefficient (Wildman–Crippen LogP) is 2.64. The van der Waals surface area contributed by atoms with Crippen molar-refractivity contribution >= 4 is 23.2 Å². The van der Waals surface area contributed by atoms with Gasteiger partial charge < -0.3 is 10.2 Å². The van der Waals surface area contributed by atoms with Gasteiger partial charge in [0.25, 0.3) is 5.91 Å². The van der Waals surface area contributed by atoms with E-state index >= 15 is 0 Å². The van der Waals surface area contributed by atoms with Crippen molar-refractivity contribution in [3.8, 4) is 0 Å². The van der Waals surface area contributed by atoms with Gasteiger partial charge in [-0.05, 0) is 43.2 Å². The summed E-state index contributed by atoms with van der Waals surface area (Å²) >= 11 is 5.93. The first kappa shape index (κ1) is 15.9. The molecule has 6 heteroatoms. The first-order chi connectivity index (χ1) is 11.1. The molecule has 1 atom stereocenters. The highest BCUT2D eigenvalue weighted by molar-refractivity contribution is 6.30. The number of carbonyl (C=O) groups is 1. The SMILES string of the molecule is CCc1cc(C(=O)NC2CCN(c3ccc(Cl)cc3)C2)n(C)n1. The van der Waals surface area contributed by atoms with Crippen molar-refractivity contribution in [3.63, 3.8) is 0 Å². The van der Waals surface area contributed by atoms with Crippen LogP contribution in [0, 0.1) is 0 Å². The summed E-state index contributed by atoms with van der Waals surface area (Å²) in [6.07, 6.45) is 1.77. The van der Waals surface area contributed by atoms with Crippen LogP contribution in [-0.2, 0) is 13.5 Å². The van der Waals surface area contributed by atoms with Gasteiger partial charge in [0.1, 0.15) is 5.69 Å². The average molecular weight is 333 g/mol. The van der Waals surface area contributed by atoms with Crippen LogP contribution in [-0.4, -0.2) is 34.8 Å². The molecule has 1 aliphatic rings. The van der Waals surface area contributed by atoms with Crippen LogP contribution < -0.4 is 10.2 Å². The van der Waals surface area contributed by atoms with Crippen molar-refractivity contribution in [1.82, 2.24) is 15.1 Å². The maximum Gasteiger partial charge on any atom is 0.269 e. The van der Waals surface area contributed by atoms with Gasteiger partial charge in [-0.15, -0.1) is 0 Å². The average Bonchev–Trinajstić information content (AvgIpc) is 3.14. The van der Waals surface area contributed by atoms with Gasteiger partial charge in [-0.25, -0.2) is 0 Å². The van der Waals surface area contributed by atoms with Crippen LogP contribution in [0.4, 0.5) is 5.69 Å². The molecule has 1 fully saturated rings. The molecular weight excluding hydrogens is 312 g/mol. The summed E-state index contributed by atoms with van der Waals surface area (Å²) in [6, 6.07) is 9.83. The molecule has 1 aromatic heterocycles. The van der Waals surface area contributed by atoms with Gasteiger partial charge in [-0.1, -0.05) is 18.5 Å². The molecule has 122 valence electrons. The molecule has 0 aliphatic carbocycles. The summed E-state index contributed by atoms with van der Waals surface area (Å²) in [5.41, 5.74) is 2.69. The van der Waals surface area contributed by atoms with Gasteiger partial charge in [0.2, 0.25) is 0 Å². The first-order valence-corrected chi connectivity index (χ1v) is 8.29. The minimum Gasteiger partial charge on any atom is -0.369 e. The van der Waals surface area contributed by atoms with Gasteiger partial charge in [0.05, 0.1) is 5.69 Å². The molecule has 1 aliphatic heterocycles. The van der Waals surface area contributed by atoms with Crippen molar-refractivity contribution < 1.29 is 4.79 Å². The van der Waals surface area contributed by atoms with Gasteiger partial charge in [0, 0.05) is 36.9 Å². The summed E-state index contributed by atoms with van der Waals surface area (Å²) in [5.74, 6) is -0.0531. The van der Waals surface area contributed by atoms with Crippen LogP contribution in [0.3, 0.4) is 0 Å². The Balaban J connectivity index is 1.62. The molecule has 2 aromatic rings. The van der Waals surface area contributed by atoms with E-state index in [2.05, 4.69) is 15.3 Å². The molecule has 1 saturated heterocycles. The minimum absolute atomic E-state index is 0.0531. The lowest BCUT2D eigenvalue weighted by Gasteiger charge is -2.19. The quantitative estimate of drug-likeness (QED) is 0.936. The van der Waals surface area contributed by atoms with Crippen LogP contribution in [0.2, 0.25) is 5.02 Å². The maximum absolute atomic E-state index is 12.4. The minimum atomic E-state index is -0.0531. The van der Waals surface area contributed by atoms with Crippen molar-refractivity contribution in [3.05, 3.63) is 46.7 Å². The van der Waals surface area contributed by atoms with Gasteiger partial charge >= 0.3 is 0 Å². The fourth-order valence-electron chi connectivity index (χ4n) is 2.94. The molecule has 0 radical (unpaired) electrons. The lowest BCUT2D eigenvalue weighted by Crippen LogP contribution is -2.37. The topological polar surface area (TPSA) is 50.2 Å². The van der Waals surface area contributed by atoms with E-state index in [0.717, 1.165) is 42.3 Å². The van der Waals surface area contributed by atoms with Crippen molar-refractivity contribution in [2.24, 2.45) is 7.05 Å². The summed E-state index contributed by atoms with van der Waals surface area (Å²) in [7, 11) is 1.81. The van der Waals surface area contributed by atoms with E-state index in [1.54, 1.807) is 4.68 Å². The molecule has 23 heavy (non-hydrogen) atoms. The highest BCUT2D eigenvalue weighted by Gasteiger charge is 2.25. The molecule has 1 amide bonds. The normalized spacial score (nSPS) is 17.5. The number of carbonyl (C=O) groups excluding carboxylic acids is 1. The second kappa shape index (κ2) is 6.62. The highest BCUT2D eigenvalue weighted by Crippen LogP contribution is 2.22. The number of aryl methyl sites for hydroxylation is 2. The molecule has 1 aromatic carbocycles.